The van der Waals surface area contributed by atoms with Crippen molar-refractivity contribution in [3.8, 4) is 29.0 Å². The molecule has 1 aliphatic rings. The Bertz CT molecular complexity index is 1160. The molecule has 0 radical (unpaired) electrons. The molecule has 2 aromatic carbocycles. The van der Waals surface area contributed by atoms with Crippen LogP contribution in [0.2, 0.25) is 0 Å². The molecular formula is C23H23FN4O2. The van der Waals surface area contributed by atoms with Crippen molar-refractivity contribution in [2.24, 2.45) is 0 Å². The number of halogens is 1. The zero-order chi connectivity index (χ0) is 21.3. The number of benzene rings is 2. The van der Waals surface area contributed by atoms with Crippen LogP contribution < -0.4 is 10.6 Å². The van der Waals surface area contributed by atoms with E-state index in [-0.39, 0.29) is 23.2 Å². The van der Waals surface area contributed by atoms with E-state index in [1.807, 2.05) is 18.2 Å². The van der Waals surface area contributed by atoms with Gasteiger partial charge in [-0.3, -0.25) is 0 Å². The van der Waals surface area contributed by atoms with Gasteiger partial charge >= 0.3 is 0 Å². The van der Waals surface area contributed by atoms with Crippen LogP contribution in [0.4, 0.5) is 10.2 Å². The summed E-state index contributed by atoms with van der Waals surface area (Å²) in [6.45, 7) is 4.98. The van der Waals surface area contributed by atoms with Gasteiger partial charge in [-0.25, -0.2) is 14.4 Å². The van der Waals surface area contributed by atoms with Crippen molar-refractivity contribution in [2.75, 3.05) is 18.4 Å². The number of phenols is 1. The van der Waals surface area contributed by atoms with Gasteiger partial charge < -0.3 is 20.8 Å². The first-order valence-corrected chi connectivity index (χ1v) is 9.82. The monoisotopic (exact) mass is 406 g/mol. The summed E-state index contributed by atoms with van der Waals surface area (Å²) in [4.78, 5) is 9.15. The van der Waals surface area contributed by atoms with E-state index >= 15 is 0 Å². The Kier molecular flexibility index (Phi) is 5.29. The van der Waals surface area contributed by atoms with Gasteiger partial charge in [-0.2, -0.15) is 0 Å². The summed E-state index contributed by atoms with van der Waals surface area (Å²) in [5, 5.41) is 27.6. The minimum atomic E-state index is -1.10. The number of hydrogen-bond acceptors (Lipinski definition) is 6. The molecule has 2 heterocycles. The van der Waals surface area contributed by atoms with Crippen molar-refractivity contribution in [3.05, 3.63) is 47.8 Å². The fraction of sp³-hybridized carbons (Fsp3) is 0.304. The highest BCUT2D eigenvalue weighted by Crippen LogP contribution is 2.31. The van der Waals surface area contributed by atoms with Gasteiger partial charge in [0, 0.05) is 23.5 Å². The molecule has 6 nitrogen and oxygen atoms in total. The third-order valence-electron chi connectivity index (χ3n) is 4.81. The van der Waals surface area contributed by atoms with Crippen LogP contribution >= 0.6 is 0 Å². The number of nitrogens with zero attached hydrogens (tertiary/aromatic N) is 2. The molecular weight excluding hydrogens is 383 g/mol. The van der Waals surface area contributed by atoms with Gasteiger partial charge in [0.15, 0.2) is 5.82 Å². The third kappa shape index (κ3) is 4.51. The lowest BCUT2D eigenvalue weighted by molar-refractivity contribution is 0.143. The van der Waals surface area contributed by atoms with Crippen LogP contribution in [0.3, 0.4) is 0 Å². The molecule has 1 saturated heterocycles. The topological polar surface area (TPSA) is 90.3 Å². The number of hydrogen-bond donors (Lipinski definition) is 4. The quantitative estimate of drug-likeness (QED) is 0.500. The molecule has 1 aliphatic heterocycles. The highest BCUT2D eigenvalue weighted by Gasteiger charge is 2.19. The smallest absolute Gasteiger partial charge is 0.165 e. The third-order valence-corrected chi connectivity index (χ3v) is 4.81. The van der Waals surface area contributed by atoms with Crippen LogP contribution in [0.1, 0.15) is 25.8 Å². The van der Waals surface area contributed by atoms with Crippen LogP contribution in [0.25, 0.3) is 22.3 Å². The fourth-order valence-electron chi connectivity index (χ4n) is 3.32. The van der Waals surface area contributed by atoms with E-state index in [0.717, 1.165) is 30.5 Å². The van der Waals surface area contributed by atoms with Gasteiger partial charge in [-0.05, 0) is 63.2 Å². The number of anilines is 1. The number of rotatable bonds is 3. The molecule has 3 aromatic rings. The number of phenolic OH excluding ortho intramolecular Hbond substituents is 1. The predicted octanol–water partition coefficient (Wildman–Crippen LogP) is 3.04. The molecule has 30 heavy (non-hydrogen) atoms. The summed E-state index contributed by atoms with van der Waals surface area (Å²) in [6.07, 6.45) is 0.949. The largest absolute Gasteiger partial charge is 0.507 e. The van der Waals surface area contributed by atoms with Crippen LogP contribution in [-0.2, 0) is 0 Å². The molecule has 1 atom stereocenters. The minimum absolute atomic E-state index is 0.0862. The molecule has 0 unspecified atom stereocenters. The van der Waals surface area contributed by atoms with Gasteiger partial charge in [-0.15, -0.1) is 0 Å². The molecule has 0 saturated carbocycles. The van der Waals surface area contributed by atoms with E-state index in [4.69, 9.17) is 0 Å². The maximum Gasteiger partial charge on any atom is 0.165 e. The lowest BCUT2D eigenvalue weighted by atomic mass is 10.1. The van der Waals surface area contributed by atoms with E-state index in [2.05, 4.69) is 32.4 Å². The first-order chi connectivity index (χ1) is 14.3. The zero-order valence-electron chi connectivity index (χ0n) is 16.8. The Morgan fingerprint density at radius 2 is 2.03 bits per heavy atom. The molecule has 4 rings (SSSR count). The zero-order valence-corrected chi connectivity index (χ0v) is 16.8. The first kappa shape index (κ1) is 20.1. The molecule has 7 heteroatoms. The van der Waals surface area contributed by atoms with Crippen LogP contribution in [0, 0.1) is 17.7 Å². The number of aromatic nitrogens is 2. The second kappa shape index (κ2) is 7.90. The van der Waals surface area contributed by atoms with Gasteiger partial charge in [-0.1, -0.05) is 11.8 Å². The summed E-state index contributed by atoms with van der Waals surface area (Å²) >= 11 is 0. The molecule has 1 fully saturated rings. The van der Waals surface area contributed by atoms with Crippen LogP contribution in [0.5, 0.6) is 5.75 Å². The number of aliphatic hydroxyl groups is 1. The highest BCUT2D eigenvalue weighted by molar-refractivity contribution is 5.92. The normalized spacial score (nSPS) is 16.3. The summed E-state index contributed by atoms with van der Waals surface area (Å²) in [6, 6.07) is 9.39. The Balaban J connectivity index is 1.85. The van der Waals surface area contributed by atoms with Crippen LogP contribution in [-0.4, -0.2) is 44.9 Å². The second-order valence-corrected chi connectivity index (χ2v) is 7.93. The Morgan fingerprint density at radius 1 is 1.20 bits per heavy atom. The number of nitrogens with one attached hydrogen (secondary N) is 2. The van der Waals surface area contributed by atoms with E-state index < -0.39 is 11.4 Å². The Hall–Kier alpha value is -3.21. The average Bonchev–Trinajstić information content (AvgIpc) is 3.20. The van der Waals surface area contributed by atoms with E-state index in [1.54, 1.807) is 13.8 Å². The summed E-state index contributed by atoms with van der Waals surface area (Å²) < 4.78 is 13.8. The standard InChI is InChI=1S/C23H23FN4O2/c1-23(2,30)9-7-14-3-5-19-17(11-14)21(26-16-8-10-25-13-16)28-22(27-19)18-12-15(24)4-6-20(18)29/h3-6,11-12,16,25,29-30H,8,10,13H2,1-2H3,(H,26,27,28)/t16-/m0/s1. The Morgan fingerprint density at radius 3 is 2.77 bits per heavy atom. The molecule has 1 aromatic heterocycles. The van der Waals surface area contributed by atoms with Gasteiger partial charge in [0.25, 0.3) is 0 Å². The van der Waals surface area contributed by atoms with Gasteiger partial charge in [0.1, 0.15) is 23.0 Å². The van der Waals surface area contributed by atoms with Crippen molar-refractivity contribution in [1.82, 2.24) is 15.3 Å². The minimum Gasteiger partial charge on any atom is -0.507 e. The SMILES string of the molecule is CC(C)(O)C#Cc1ccc2nc(-c3cc(F)ccc3O)nc(N[C@H]3CCNC3)c2c1. The van der Waals surface area contributed by atoms with Crippen molar-refractivity contribution < 1.29 is 14.6 Å². The molecule has 0 spiro atoms. The maximum absolute atomic E-state index is 13.8. The van der Waals surface area contributed by atoms with Crippen molar-refractivity contribution in [1.29, 1.82) is 0 Å². The molecule has 0 amide bonds. The van der Waals surface area contributed by atoms with Gasteiger partial charge in [0.2, 0.25) is 0 Å². The lowest BCUT2D eigenvalue weighted by Crippen LogP contribution is -2.23. The second-order valence-electron chi connectivity index (χ2n) is 7.93. The van der Waals surface area contributed by atoms with Crippen LogP contribution in [0.15, 0.2) is 36.4 Å². The summed E-state index contributed by atoms with van der Waals surface area (Å²) in [5.41, 5.74) is 0.504. The van der Waals surface area contributed by atoms with E-state index in [0.29, 0.717) is 11.3 Å². The Labute approximate surface area is 174 Å². The lowest BCUT2D eigenvalue weighted by Gasteiger charge is -2.16. The number of fused-ring (bicyclic) bond motifs is 1. The van der Waals surface area contributed by atoms with E-state index in [1.165, 1.54) is 18.2 Å². The highest BCUT2D eigenvalue weighted by atomic mass is 19.1. The predicted molar refractivity (Wildman–Crippen MR) is 115 cm³/mol. The van der Waals surface area contributed by atoms with Crippen molar-refractivity contribution in [3.63, 3.8) is 0 Å². The molecule has 154 valence electrons. The van der Waals surface area contributed by atoms with Crippen molar-refractivity contribution in [2.45, 2.75) is 31.9 Å². The fourth-order valence-corrected chi connectivity index (χ4v) is 3.32. The molecule has 0 bridgehead atoms. The maximum atomic E-state index is 13.8. The molecule has 4 N–H and O–H groups in total. The summed E-state index contributed by atoms with van der Waals surface area (Å²) in [7, 11) is 0. The summed E-state index contributed by atoms with van der Waals surface area (Å²) in [5.74, 6) is 6.06. The van der Waals surface area contributed by atoms with Crippen molar-refractivity contribution >= 4 is 16.7 Å². The van der Waals surface area contributed by atoms with E-state index in [9.17, 15) is 14.6 Å². The number of aromatic hydroxyl groups is 1. The molecule has 0 aliphatic carbocycles. The van der Waals surface area contributed by atoms with Gasteiger partial charge in [0.05, 0.1) is 11.1 Å². The average molecular weight is 406 g/mol. The first-order valence-electron chi connectivity index (χ1n) is 9.82.